The van der Waals surface area contributed by atoms with Crippen LogP contribution in [0.15, 0.2) is 0 Å². The Kier molecular flexibility index (Phi) is 5.41. The molecule has 2 saturated carbocycles. The van der Waals surface area contributed by atoms with Gasteiger partial charge >= 0.3 is 0 Å². The van der Waals surface area contributed by atoms with Gasteiger partial charge in [0.25, 0.3) is 0 Å². The second kappa shape index (κ2) is 7.71. The van der Waals surface area contributed by atoms with E-state index in [0.29, 0.717) is 27.5 Å². The molecule has 0 saturated heterocycles. The van der Waals surface area contributed by atoms with Crippen molar-refractivity contribution in [3.63, 3.8) is 0 Å². The molecule has 2 amide bonds. The third-order valence-corrected chi connectivity index (χ3v) is 7.81. The lowest BCUT2D eigenvalue weighted by molar-refractivity contribution is -0.119. The van der Waals surface area contributed by atoms with Gasteiger partial charge < -0.3 is 10.6 Å². The Hall–Kier alpha value is -1.94. The molecule has 0 bridgehead atoms. The minimum Gasteiger partial charge on any atom is -0.300 e. The van der Waals surface area contributed by atoms with Crippen molar-refractivity contribution in [2.24, 2.45) is 17.3 Å². The second-order valence-corrected chi connectivity index (χ2v) is 10.9. The van der Waals surface area contributed by atoms with Gasteiger partial charge in [-0.1, -0.05) is 50.4 Å². The number of anilines is 2. The van der Waals surface area contributed by atoms with Crippen LogP contribution in [0.1, 0.15) is 75.2 Å². The van der Waals surface area contributed by atoms with Crippen molar-refractivity contribution in [1.82, 2.24) is 20.4 Å². The molecule has 29 heavy (non-hydrogen) atoms. The van der Waals surface area contributed by atoms with E-state index in [2.05, 4.69) is 31.0 Å². The fourth-order valence-electron chi connectivity index (χ4n) is 4.05. The van der Waals surface area contributed by atoms with E-state index >= 15 is 0 Å². The van der Waals surface area contributed by atoms with Crippen molar-refractivity contribution in [2.75, 3.05) is 10.6 Å². The minimum absolute atomic E-state index is 0.0272. The Labute approximate surface area is 177 Å². The molecule has 156 valence electrons. The van der Waals surface area contributed by atoms with Gasteiger partial charge in [0.15, 0.2) is 0 Å². The summed E-state index contributed by atoms with van der Waals surface area (Å²) in [5.74, 6) is 0.685. The number of carbonyl (C=O) groups excluding carboxylic acids is 2. The van der Waals surface area contributed by atoms with Crippen LogP contribution in [0.2, 0.25) is 0 Å². The zero-order chi connectivity index (χ0) is 20.8. The summed E-state index contributed by atoms with van der Waals surface area (Å²) in [7, 11) is 0. The summed E-state index contributed by atoms with van der Waals surface area (Å²) in [5.41, 5.74) is 0.384. The molecule has 0 aliphatic heterocycles. The maximum atomic E-state index is 11.8. The quantitative estimate of drug-likeness (QED) is 0.710. The maximum absolute atomic E-state index is 11.8. The van der Waals surface area contributed by atoms with Gasteiger partial charge in [-0.2, -0.15) is 0 Å². The predicted molar refractivity (Wildman–Crippen MR) is 113 cm³/mol. The van der Waals surface area contributed by atoms with Crippen LogP contribution < -0.4 is 10.6 Å². The molecule has 2 N–H and O–H groups in total. The Morgan fingerprint density at radius 2 is 1.17 bits per heavy atom. The summed E-state index contributed by atoms with van der Waals surface area (Å²) in [4.78, 5) is 23.6. The highest BCUT2D eigenvalue weighted by molar-refractivity contribution is 7.15. The Morgan fingerprint density at radius 3 is 1.52 bits per heavy atom. The summed E-state index contributed by atoms with van der Waals surface area (Å²) in [6.45, 7) is 7.44. The van der Waals surface area contributed by atoms with Gasteiger partial charge in [-0.05, 0) is 31.1 Å². The number of rotatable bonds is 6. The second-order valence-electron chi connectivity index (χ2n) is 8.89. The van der Waals surface area contributed by atoms with Crippen LogP contribution in [-0.4, -0.2) is 32.2 Å². The highest BCUT2D eigenvalue weighted by Gasteiger charge is 2.55. The predicted octanol–water partition coefficient (Wildman–Crippen LogP) is 4.02. The molecule has 2 aliphatic carbocycles. The van der Waals surface area contributed by atoms with Crippen molar-refractivity contribution in [3.8, 4) is 0 Å². The average molecular weight is 435 g/mol. The number of aromatic nitrogens is 4. The van der Waals surface area contributed by atoms with E-state index < -0.39 is 0 Å². The van der Waals surface area contributed by atoms with Gasteiger partial charge in [0.05, 0.1) is 0 Å². The van der Waals surface area contributed by atoms with E-state index in [1.54, 1.807) is 0 Å². The van der Waals surface area contributed by atoms with Crippen LogP contribution in [0, 0.1) is 17.3 Å². The lowest BCUT2D eigenvalue weighted by Crippen LogP contribution is -2.45. The molecule has 0 aromatic carbocycles. The first kappa shape index (κ1) is 20.3. The largest absolute Gasteiger partial charge is 0.300 e. The molecule has 2 fully saturated rings. The molecule has 0 atom stereocenters. The minimum atomic E-state index is -0.0687. The number of hydrogen-bond donors (Lipinski definition) is 2. The summed E-state index contributed by atoms with van der Waals surface area (Å²) in [5, 5.41) is 25.7. The molecule has 4 rings (SSSR count). The maximum Gasteiger partial charge on any atom is 0.228 e. The lowest BCUT2D eigenvalue weighted by Gasteiger charge is -2.56. The summed E-state index contributed by atoms with van der Waals surface area (Å²) < 4.78 is 0. The monoisotopic (exact) mass is 434 g/mol. The van der Waals surface area contributed by atoms with Crippen molar-refractivity contribution < 1.29 is 9.59 Å². The van der Waals surface area contributed by atoms with Crippen LogP contribution in [0.25, 0.3) is 0 Å². The Bertz CT molecular complexity index is 832. The van der Waals surface area contributed by atoms with Gasteiger partial charge in [-0.15, -0.1) is 20.4 Å². The zero-order valence-corrected chi connectivity index (χ0v) is 18.7. The van der Waals surface area contributed by atoms with Crippen molar-refractivity contribution in [2.45, 2.75) is 65.2 Å². The van der Waals surface area contributed by atoms with E-state index in [4.69, 9.17) is 0 Å². The molecule has 2 aromatic rings. The van der Waals surface area contributed by atoms with Crippen LogP contribution in [0.5, 0.6) is 0 Å². The summed E-state index contributed by atoms with van der Waals surface area (Å²) in [6, 6.07) is 0. The zero-order valence-electron chi connectivity index (χ0n) is 17.1. The molecule has 2 heterocycles. The first-order chi connectivity index (χ1) is 13.7. The smallest absolute Gasteiger partial charge is 0.228 e. The number of amides is 2. The molecule has 2 aromatic heterocycles. The van der Waals surface area contributed by atoms with Crippen LogP contribution in [0.3, 0.4) is 0 Å². The van der Waals surface area contributed by atoms with E-state index in [9.17, 15) is 9.59 Å². The topological polar surface area (TPSA) is 110 Å². The summed E-state index contributed by atoms with van der Waals surface area (Å²) in [6.07, 6.45) is 4.47. The van der Waals surface area contributed by atoms with E-state index in [0.717, 1.165) is 35.7 Å². The molecule has 10 heteroatoms. The highest BCUT2D eigenvalue weighted by atomic mass is 32.1. The number of carbonyl (C=O) groups is 2. The number of nitrogens with one attached hydrogen (secondary N) is 2. The molecule has 2 aliphatic rings. The van der Waals surface area contributed by atoms with Gasteiger partial charge in [-0.3, -0.25) is 9.59 Å². The van der Waals surface area contributed by atoms with Crippen LogP contribution in [-0.2, 0) is 9.59 Å². The van der Waals surface area contributed by atoms with Gasteiger partial charge in [-0.25, -0.2) is 0 Å². The van der Waals surface area contributed by atoms with Crippen molar-refractivity contribution >= 4 is 44.8 Å². The fourth-order valence-corrected chi connectivity index (χ4v) is 5.75. The Morgan fingerprint density at radius 1 is 0.793 bits per heavy atom. The van der Waals surface area contributed by atoms with Gasteiger partial charge in [0, 0.05) is 23.7 Å². The van der Waals surface area contributed by atoms with Crippen LogP contribution in [0.4, 0.5) is 10.3 Å². The fraction of sp³-hybridized carbons (Fsp3) is 0.684. The van der Waals surface area contributed by atoms with Crippen LogP contribution >= 0.6 is 22.7 Å². The van der Waals surface area contributed by atoms with Gasteiger partial charge in [0.1, 0.15) is 10.0 Å². The lowest BCUT2D eigenvalue weighted by atomic mass is 9.48. The highest BCUT2D eigenvalue weighted by Crippen LogP contribution is 2.66. The van der Waals surface area contributed by atoms with Gasteiger partial charge in [0.2, 0.25) is 22.1 Å². The molecular formula is C19H26N6O2S2. The SMILES string of the molecule is CC(C)C(=O)Nc1nnc([C@H]2CC3(C[C@H](c4nnc(NC(=O)C(C)C)s4)C3)C2)s1. The van der Waals surface area contributed by atoms with E-state index in [-0.39, 0.29) is 23.7 Å². The van der Waals surface area contributed by atoms with E-state index in [1.807, 2.05) is 27.7 Å². The molecule has 8 nitrogen and oxygen atoms in total. The third kappa shape index (κ3) is 4.18. The first-order valence-corrected chi connectivity index (χ1v) is 11.7. The van der Waals surface area contributed by atoms with E-state index in [1.165, 1.54) is 22.7 Å². The molecular weight excluding hydrogens is 408 g/mol. The first-order valence-electron chi connectivity index (χ1n) is 10.0. The van der Waals surface area contributed by atoms with Crippen molar-refractivity contribution in [3.05, 3.63) is 10.0 Å². The molecule has 1 spiro atoms. The Balaban J connectivity index is 1.27. The summed E-state index contributed by atoms with van der Waals surface area (Å²) >= 11 is 2.98. The van der Waals surface area contributed by atoms with Crippen molar-refractivity contribution in [1.29, 1.82) is 0 Å². The normalized spacial score (nSPS) is 25.7. The average Bonchev–Trinajstić information content (AvgIpc) is 3.22. The third-order valence-electron chi connectivity index (χ3n) is 5.81. The molecule has 0 radical (unpaired) electrons. The number of nitrogens with zero attached hydrogens (tertiary/aromatic N) is 4. The molecule has 0 unspecified atom stereocenters. The number of hydrogen-bond acceptors (Lipinski definition) is 8. The standard InChI is InChI=1S/C19H26N6O2S2/c1-9(2)13(26)20-17-24-22-15(28-17)11-5-19(6-11)7-12(8-19)16-23-25-18(29-16)21-14(27)10(3)4/h9-12H,5-8H2,1-4H3,(H,20,24,26)(H,21,25,27)/t11-,12-,19?.